The molecule has 2 heterocycles. The van der Waals surface area contributed by atoms with Crippen molar-refractivity contribution in [2.75, 3.05) is 20.2 Å². The second-order valence-corrected chi connectivity index (χ2v) is 5.88. The molecule has 0 spiro atoms. The van der Waals surface area contributed by atoms with Gasteiger partial charge in [0.1, 0.15) is 6.10 Å². The van der Waals surface area contributed by atoms with E-state index in [2.05, 4.69) is 9.97 Å². The van der Waals surface area contributed by atoms with Gasteiger partial charge in [0.15, 0.2) is 0 Å². The van der Waals surface area contributed by atoms with Crippen LogP contribution in [0.3, 0.4) is 0 Å². The molecule has 0 aliphatic carbocycles. The molecule has 24 heavy (non-hydrogen) atoms. The number of amides is 1. The maximum absolute atomic E-state index is 12.6. The normalized spacial score (nSPS) is 17.4. The van der Waals surface area contributed by atoms with E-state index in [9.17, 15) is 4.79 Å². The van der Waals surface area contributed by atoms with Gasteiger partial charge in [-0.1, -0.05) is 17.7 Å². The van der Waals surface area contributed by atoms with Gasteiger partial charge in [0.2, 0.25) is 5.88 Å². The van der Waals surface area contributed by atoms with Gasteiger partial charge in [-0.25, -0.2) is 4.98 Å². The Bertz CT molecular complexity index is 703. The largest absolute Gasteiger partial charge is 0.472 e. The number of piperidine rings is 1. The predicted octanol–water partition coefficient (Wildman–Crippen LogP) is 2.48. The first-order chi connectivity index (χ1) is 11.7. The second kappa shape index (κ2) is 7.29. The van der Waals surface area contributed by atoms with Gasteiger partial charge in [-0.2, -0.15) is 4.98 Å². The zero-order valence-electron chi connectivity index (χ0n) is 13.9. The lowest BCUT2D eigenvalue weighted by molar-refractivity contribution is 0.0525. The number of rotatable bonds is 4. The Morgan fingerprint density at radius 1 is 1.25 bits per heavy atom. The zero-order chi connectivity index (χ0) is 16.9. The van der Waals surface area contributed by atoms with Crippen molar-refractivity contribution in [3.63, 3.8) is 0 Å². The Hall–Kier alpha value is -2.63. The molecule has 3 rings (SSSR count). The lowest BCUT2D eigenvalue weighted by Gasteiger charge is -2.32. The Balaban J connectivity index is 1.65. The topological polar surface area (TPSA) is 64.6 Å². The van der Waals surface area contributed by atoms with Gasteiger partial charge in [-0.05, 0) is 31.9 Å². The second-order valence-electron chi connectivity index (χ2n) is 5.88. The summed E-state index contributed by atoms with van der Waals surface area (Å²) in [6.07, 6.45) is 3.32. The number of methoxy groups -OCH3 is 1. The van der Waals surface area contributed by atoms with Gasteiger partial charge in [0, 0.05) is 24.4 Å². The van der Waals surface area contributed by atoms with E-state index in [1.807, 2.05) is 36.1 Å². The van der Waals surface area contributed by atoms with Crippen molar-refractivity contribution in [2.24, 2.45) is 0 Å². The van der Waals surface area contributed by atoms with Crippen LogP contribution in [-0.4, -0.2) is 47.1 Å². The molecule has 2 aromatic rings. The summed E-state index contributed by atoms with van der Waals surface area (Å²) >= 11 is 0. The highest BCUT2D eigenvalue weighted by molar-refractivity contribution is 5.94. The highest BCUT2D eigenvalue weighted by atomic mass is 16.5. The number of hydrogen-bond donors (Lipinski definition) is 0. The maximum Gasteiger partial charge on any atom is 0.319 e. The number of nitrogens with zero attached hydrogens (tertiary/aromatic N) is 3. The van der Waals surface area contributed by atoms with E-state index in [0.717, 1.165) is 24.9 Å². The molecule has 1 fully saturated rings. The van der Waals surface area contributed by atoms with Crippen LogP contribution in [0.25, 0.3) is 0 Å². The minimum absolute atomic E-state index is 0.0450. The van der Waals surface area contributed by atoms with Crippen molar-refractivity contribution >= 4 is 5.91 Å². The number of benzene rings is 1. The summed E-state index contributed by atoms with van der Waals surface area (Å²) in [5.41, 5.74) is 1.86. The quantitative estimate of drug-likeness (QED) is 0.863. The molecule has 6 nitrogen and oxygen atoms in total. The fraction of sp³-hybridized carbons (Fsp3) is 0.389. The summed E-state index contributed by atoms with van der Waals surface area (Å²) in [7, 11) is 1.52. The smallest absolute Gasteiger partial charge is 0.319 e. The van der Waals surface area contributed by atoms with E-state index in [0.29, 0.717) is 18.0 Å². The molecule has 1 saturated heterocycles. The van der Waals surface area contributed by atoms with E-state index in [1.54, 1.807) is 12.3 Å². The lowest BCUT2D eigenvalue weighted by atomic mass is 10.1. The highest BCUT2D eigenvalue weighted by Gasteiger charge is 2.26. The summed E-state index contributed by atoms with van der Waals surface area (Å²) < 4.78 is 10.9. The molecule has 0 radical (unpaired) electrons. The average Bonchev–Trinajstić information content (AvgIpc) is 2.62. The zero-order valence-corrected chi connectivity index (χ0v) is 13.9. The van der Waals surface area contributed by atoms with Gasteiger partial charge in [0.05, 0.1) is 13.7 Å². The van der Waals surface area contributed by atoms with Crippen molar-refractivity contribution in [1.29, 1.82) is 0 Å². The number of hydrogen-bond acceptors (Lipinski definition) is 5. The number of carbonyl (C=O) groups excluding carboxylic acids is 1. The van der Waals surface area contributed by atoms with Crippen LogP contribution in [0.5, 0.6) is 11.9 Å². The first-order valence-corrected chi connectivity index (χ1v) is 8.05. The number of carbonyl (C=O) groups is 1. The first kappa shape index (κ1) is 16.2. The maximum atomic E-state index is 12.6. The third-order valence-electron chi connectivity index (χ3n) is 4.04. The summed E-state index contributed by atoms with van der Waals surface area (Å²) in [6.45, 7) is 3.31. The Kier molecular flexibility index (Phi) is 4.93. The van der Waals surface area contributed by atoms with Crippen LogP contribution < -0.4 is 9.47 Å². The van der Waals surface area contributed by atoms with E-state index >= 15 is 0 Å². The fourth-order valence-corrected chi connectivity index (χ4v) is 2.76. The van der Waals surface area contributed by atoms with Crippen molar-refractivity contribution in [3.8, 4) is 11.9 Å². The van der Waals surface area contributed by atoms with E-state index in [4.69, 9.17) is 9.47 Å². The molecule has 0 saturated carbocycles. The van der Waals surface area contributed by atoms with Crippen LogP contribution in [0.15, 0.2) is 36.5 Å². The van der Waals surface area contributed by atoms with Crippen molar-refractivity contribution in [2.45, 2.75) is 25.9 Å². The molecule has 0 N–H and O–H groups in total. The molecule has 1 aliphatic heterocycles. The van der Waals surface area contributed by atoms with Gasteiger partial charge >= 0.3 is 6.01 Å². The van der Waals surface area contributed by atoms with Crippen LogP contribution in [0.1, 0.15) is 28.8 Å². The van der Waals surface area contributed by atoms with Crippen LogP contribution in [0, 0.1) is 6.92 Å². The first-order valence-electron chi connectivity index (χ1n) is 8.05. The molecule has 126 valence electrons. The van der Waals surface area contributed by atoms with Crippen LogP contribution in [0.4, 0.5) is 0 Å². The van der Waals surface area contributed by atoms with Crippen molar-refractivity contribution in [3.05, 3.63) is 47.7 Å². The van der Waals surface area contributed by atoms with Gasteiger partial charge in [0.25, 0.3) is 5.91 Å². The molecular formula is C18H21N3O3. The van der Waals surface area contributed by atoms with Gasteiger partial charge < -0.3 is 14.4 Å². The van der Waals surface area contributed by atoms with Crippen LogP contribution in [-0.2, 0) is 0 Å². The molecule has 0 bridgehead atoms. The molecule has 1 atom stereocenters. The lowest BCUT2D eigenvalue weighted by Crippen LogP contribution is -2.44. The molecule has 1 aromatic carbocycles. The van der Waals surface area contributed by atoms with E-state index < -0.39 is 0 Å². The summed E-state index contributed by atoms with van der Waals surface area (Å²) in [4.78, 5) is 22.6. The third-order valence-corrected chi connectivity index (χ3v) is 4.04. The minimum Gasteiger partial charge on any atom is -0.472 e. The van der Waals surface area contributed by atoms with Gasteiger partial charge in [-0.15, -0.1) is 0 Å². The Morgan fingerprint density at radius 3 is 2.79 bits per heavy atom. The highest BCUT2D eigenvalue weighted by Crippen LogP contribution is 2.19. The van der Waals surface area contributed by atoms with E-state index in [-0.39, 0.29) is 18.0 Å². The molecule has 1 aromatic heterocycles. The molecular weight excluding hydrogens is 306 g/mol. The summed E-state index contributed by atoms with van der Waals surface area (Å²) in [6, 6.07) is 9.63. The van der Waals surface area contributed by atoms with E-state index in [1.165, 1.54) is 7.11 Å². The summed E-state index contributed by atoms with van der Waals surface area (Å²) in [5.74, 6) is 0.514. The van der Waals surface area contributed by atoms with Crippen LogP contribution >= 0.6 is 0 Å². The molecule has 1 unspecified atom stereocenters. The fourth-order valence-electron chi connectivity index (χ4n) is 2.76. The van der Waals surface area contributed by atoms with Crippen molar-refractivity contribution < 1.29 is 14.3 Å². The van der Waals surface area contributed by atoms with Crippen LogP contribution in [0.2, 0.25) is 0 Å². The minimum atomic E-state index is -0.0762. The standard InChI is InChI=1S/C18H21N3O3/c1-13-5-7-14(8-6-13)17(22)21-11-3-4-15(12-21)24-16-9-10-19-18(20-16)23-2/h5-10,15H,3-4,11-12H2,1-2H3. The number of likely N-dealkylation sites (tertiary alicyclic amines) is 1. The van der Waals surface area contributed by atoms with Crippen molar-refractivity contribution in [1.82, 2.24) is 14.9 Å². The van der Waals surface area contributed by atoms with Gasteiger partial charge in [-0.3, -0.25) is 4.79 Å². The third kappa shape index (κ3) is 3.82. The summed E-state index contributed by atoms with van der Waals surface area (Å²) in [5, 5.41) is 0. The number of ether oxygens (including phenoxy) is 2. The monoisotopic (exact) mass is 327 g/mol. The predicted molar refractivity (Wildman–Crippen MR) is 89.3 cm³/mol. The molecule has 6 heteroatoms. The number of aromatic nitrogens is 2. The average molecular weight is 327 g/mol. The molecule has 1 aliphatic rings. The SMILES string of the molecule is COc1nccc(OC2CCCN(C(=O)c3ccc(C)cc3)C2)n1. The Labute approximate surface area is 141 Å². The number of aryl methyl sites for hydroxylation is 1. The Morgan fingerprint density at radius 2 is 2.04 bits per heavy atom. The molecule has 1 amide bonds.